The van der Waals surface area contributed by atoms with Gasteiger partial charge in [0.05, 0.1) is 26.4 Å². The van der Waals surface area contributed by atoms with Gasteiger partial charge in [-0.15, -0.1) is 0 Å². The fourth-order valence-electron chi connectivity index (χ4n) is 12.4. The fourth-order valence-corrected chi connectivity index (χ4v) is 13.9. The van der Waals surface area contributed by atoms with Crippen LogP contribution >= 0.6 is 15.6 Å². The Labute approximate surface area is 607 Å². The summed E-state index contributed by atoms with van der Waals surface area (Å²) >= 11 is 0. The van der Waals surface area contributed by atoms with Gasteiger partial charge in [-0.3, -0.25) is 37.3 Å². The van der Waals surface area contributed by atoms with Crippen LogP contribution in [-0.2, 0) is 65.4 Å². The fraction of sp³-hybridized carbons (Fsp3) is 0.950. The Morgan fingerprint density at radius 1 is 0.273 bits per heavy atom. The van der Waals surface area contributed by atoms with Crippen LogP contribution in [0.15, 0.2) is 0 Å². The Bertz CT molecular complexity index is 1910. The summed E-state index contributed by atoms with van der Waals surface area (Å²) in [5, 5.41) is 10.6. The van der Waals surface area contributed by atoms with Crippen LogP contribution < -0.4 is 0 Å². The highest BCUT2D eigenvalue weighted by Gasteiger charge is 2.30. The third kappa shape index (κ3) is 74.1. The van der Waals surface area contributed by atoms with Crippen LogP contribution in [-0.4, -0.2) is 96.7 Å². The van der Waals surface area contributed by atoms with Gasteiger partial charge < -0.3 is 33.8 Å². The lowest BCUT2D eigenvalue weighted by atomic mass is 10.0. The van der Waals surface area contributed by atoms with Crippen molar-refractivity contribution in [1.82, 2.24) is 0 Å². The van der Waals surface area contributed by atoms with Gasteiger partial charge in [-0.05, 0) is 37.5 Å². The van der Waals surface area contributed by atoms with Crippen molar-refractivity contribution >= 4 is 39.5 Å². The molecule has 5 atom stereocenters. The van der Waals surface area contributed by atoms with Crippen LogP contribution in [0.2, 0.25) is 0 Å². The van der Waals surface area contributed by atoms with Gasteiger partial charge >= 0.3 is 39.5 Å². The van der Waals surface area contributed by atoms with E-state index in [1.54, 1.807) is 0 Å². The highest BCUT2D eigenvalue weighted by atomic mass is 31.2. The summed E-state index contributed by atoms with van der Waals surface area (Å²) < 4.78 is 68.5. The number of phosphoric acid groups is 2. The third-order valence-electron chi connectivity index (χ3n) is 18.7. The van der Waals surface area contributed by atoms with E-state index in [2.05, 4.69) is 41.5 Å². The molecule has 0 radical (unpaired) electrons. The number of esters is 4. The van der Waals surface area contributed by atoms with E-state index in [4.69, 9.17) is 37.0 Å². The van der Waals surface area contributed by atoms with Gasteiger partial charge in [0.2, 0.25) is 0 Å². The molecule has 0 aromatic rings. The number of hydrogen-bond donors (Lipinski definition) is 3. The van der Waals surface area contributed by atoms with E-state index in [9.17, 15) is 43.2 Å². The number of hydrogen-bond acceptors (Lipinski definition) is 15. The highest BCUT2D eigenvalue weighted by molar-refractivity contribution is 7.47. The van der Waals surface area contributed by atoms with E-state index in [-0.39, 0.29) is 25.7 Å². The standard InChI is InChI=1S/C80H156O17P2/c1-7-9-11-13-15-16-39-46-52-58-64-79(84)96-75(68-90-77(82)62-56-50-42-14-12-10-8-2)70-94-98(86,87)92-66-74(81)67-93-99(88,89)95-71-76(97-80(85)65-59-53-47-41-36-32-28-24-20-18-22-26-30-34-38-44-49-55-61-73(5)6)69-91-78(83)63-57-51-45-40-35-31-27-23-19-17-21-25-29-33-37-43-48-54-60-72(3)4/h72-76,81H,7-71H2,1-6H3,(H,86,87)(H,88,89)/t74-,75+,76+/m0/s1. The Morgan fingerprint density at radius 3 is 0.687 bits per heavy atom. The maximum Gasteiger partial charge on any atom is 0.472 e. The normalized spacial score (nSPS) is 13.9. The monoisotopic (exact) mass is 1450 g/mol. The summed E-state index contributed by atoms with van der Waals surface area (Å²) in [6, 6.07) is 0. The minimum absolute atomic E-state index is 0.106. The SMILES string of the molecule is CCCCCCCCCCCCC(=O)O[C@H](COC(=O)CCCCCCCCC)COP(=O)(O)OC[C@H](O)COP(=O)(O)OC[C@@H](COC(=O)CCCCCCCCCCCCCCCCCCCCC(C)C)OC(=O)CCCCCCCCCCCCCCCCCCCCC(C)C. The number of ether oxygens (including phenoxy) is 4. The lowest BCUT2D eigenvalue weighted by Gasteiger charge is -2.21. The summed E-state index contributed by atoms with van der Waals surface area (Å²) in [6.45, 7) is 9.64. The number of phosphoric ester groups is 2. The van der Waals surface area contributed by atoms with Crippen LogP contribution in [0.25, 0.3) is 0 Å². The maximum atomic E-state index is 13.1. The van der Waals surface area contributed by atoms with Crippen LogP contribution in [0, 0.1) is 11.8 Å². The van der Waals surface area contributed by atoms with Crippen molar-refractivity contribution in [3.05, 3.63) is 0 Å². The quantitative estimate of drug-likeness (QED) is 0.0222. The molecule has 0 bridgehead atoms. The van der Waals surface area contributed by atoms with E-state index in [0.29, 0.717) is 25.7 Å². The molecule has 2 unspecified atom stereocenters. The summed E-state index contributed by atoms with van der Waals surface area (Å²) in [5.74, 6) is -0.473. The molecule has 99 heavy (non-hydrogen) atoms. The number of carbonyl (C=O) groups excluding carboxylic acids is 4. The van der Waals surface area contributed by atoms with Gasteiger partial charge in [-0.25, -0.2) is 9.13 Å². The van der Waals surface area contributed by atoms with Crippen LogP contribution in [0.5, 0.6) is 0 Å². The molecule has 0 aromatic carbocycles. The first-order valence-corrected chi connectivity index (χ1v) is 44.5. The average Bonchev–Trinajstić information content (AvgIpc) is 3.33. The molecular formula is C80H156O17P2. The molecule has 0 aliphatic carbocycles. The van der Waals surface area contributed by atoms with E-state index in [1.165, 1.54) is 225 Å². The van der Waals surface area contributed by atoms with Gasteiger partial charge in [-0.2, -0.15) is 0 Å². The first kappa shape index (κ1) is 97.1. The van der Waals surface area contributed by atoms with E-state index in [1.807, 2.05) is 0 Å². The Hall–Kier alpha value is -1.94. The average molecular weight is 1450 g/mol. The zero-order chi connectivity index (χ0) is 72.8. The van der Waals surface area contributed by atoms with Crippen molar-refractivity contribution < 1.29 is 80.2 Å². The summed E-state index contributed by atoms with van der Waals surface area (Å²) in [4.78, 5) is 72.7. The number of aliphatic hydroxyl groups excluding tert-OH is 1. The molecular weight excluding hydrogens is 1290 g/mol. The van der Waals surface area contributed by atoms with Crippen molar-refractivity contribution in [2.24, 2.45) is 11.8 Å². The smallest absolute Gasteiger partial charge is 0.462 e. The van der Waals surface area contributed by atoms with E-state index in [0.717, 1.165) is 115 Å². The second kappa shape index (κ2) is 71.7. The molecule has 0 aliphatic rings. The first-order chi connectivity index (χ1) is 47.9. The molecule has 0 fully saturated rings. The molecule has 0 saturated carbocycles. The molecule has 0 heterocycles. The molecule has 0 aliphatic heterocycles. The lowest BCUT2D eigenvalue weighted by molar-refractivity contribution is -0.161. The number of unbranched alkanes of at least 4 members (excludes halogenated alkanes) is 49. The lowest BCUT2D eigenvalue weighted by Crippen LogP contribution is -2.30. The minimum atomic E-state index is -4.96. The number of aliphatic hydroxyl groups is 1. The number of carbonyl (C=O) groups is 4. The summed E-state index contributed by atoms with van der Waals surface area (Å²) in [5.41, 5.74) is 0. The molecule has 0 saturated heterocycles. The predicted octanol–water partition coefficient (Wildman–Crippen LogP) is 23.9. The molecule has 0 rings (SSSR count). The third-order valence-corrected chi connectivity index (χ3v) is 20.6. The predicted molar refractivity (Wildman–Crippen MR) is 405 cm³/mol. The Morgan fingerprint density at radius 2 is 0.465 bits per heavy atom. The van der Waals surface area contributed by atoms with Crippen molar-refractivity contribution in [1.29, 1.82) is 0 Å². The number of rotatable bonds is 79. The largest absolute Gasteiger partial charge is 0.472 e. The molecule has 0 spiro atoms. The summed E-state index contributed by atoms with van der Waals surface area (Å²) in [7, 11) is -9.91. The first-order valence-electron chi connectivity index (χ1n) is 41.5. The molecule has 17 nitrogen and oxygen atoms in total. The van der Waals surface area contributed by atoms with Gasteiger partial charge in [0, 0.05) is 25.7 Å². The van der Waals surface area contributed by atoms with Crippen molar-refractivity contribution in [3.8, 4) is 0 Å². The zero-order valence-electron chi connectivity index (χ0n) is 64.8. The second-order valence-electron chi connectivity index (χ2n) is 29.8. The van der Waals surface area contributed by atoms with Gasteiger partial charge in [0.15, 0.2) is 12.2 Å². The zero-order valence-corrected chi connectivity index (χ0v) is 66.6. The molecule has 588 valence electrons. The van der Waals surface area contributed by atoms with E-state index < -0.39 is 97.5 Å². The molecule has 19 heteroatoms. The topological polar surface area (TPSA) is 237 Å². The van der Waals surface area contributed by atoms with Crippen molar-refractivity contribution in [3.63, 3.8) is 0 Å². The Balaban J connectivity index is 5.13. The van der Waals surface area contributed by atoms with Crippen molar-refractivity contribution in [2.45, 2.75) is 439 Å². The molecule has 0 aromatic heterocycles. The highest BCUT2D eigenvalue weighted by Crippen LogP contribution is 2.45. The Kier molecular flexibility index (Phi) is 70.3. The van der Waals surface area contributed by atoms with Crippen molar-refractivity contribution in [2.75, 3.05) is 39.6 Å². The minimum Gasteiger partial charge on any atom is -0.462 e. The van der Waals surface area contributed by atoms with Crippen LogP contribution in [0.4, 0.5) is 0 Å². The van der Waals surface area contributed by atoms with Crippen LogP contribution in [0.3, 0.4) is 0 Å². The van der Waals surface area contributed by atoms with Gasteiger partial charge in [0.1, 0.15) is 19.3 Å². The molecule has 0 amide bonds. The maximum absolute atomic E-state index is 13.1. The van der Waals surface area contributed by atoms with E-state index >= 15 is 0 Å². The van der Waals surface area contributed by atoms with Gasteiger partial charge in [0.25, 0.3) is 0 Å². The summed E-state index contributed by atoms with van der Waals surface area (Å²) in [6.07, 6.45) is 61.4. The molecule has 3 N–H and O–H groups in total. The van der Waals surface area contributed by atoms with Gasteiger partial charge in [-0.1, -0.05) is 369 Å². The second-order valence-corrected chi connectivity index (χ2v) is 32.7. The van der Waals surface area contributed by atoms with Crippen LogP contribution in [0.1, 0.15) is 420 Å².